The molecular formula is C25H21F4N5O3. The Morgan fingerprint density at radius 2 is 1.81 bits per heavy atom. The van der Waals surface area contributed by atoms with Crippen LogP contribution >= 0.6 is 0 Å². The van der Waals surface area contributed by atoms with Crippen molar-refractivity contribution in [3.05, 3.63) is 66.4 Å². The fourth-order valence-electron chi connectivity index (χ4n) is 4.02. The number of alkyl halides is 4. The number of pyridine rings is 1. The maximum atomic E-state index is 13.9. The molecule has 12 heteroatoms. The maximum Gasteiger partial charge on any atom is 0.335 e. The van der Waals surface area contributed by atoms with E-state index in [0.29, 0.717) is 22.2 Å². The molecule has 37 heavy (non-hydrogen) atoms. The Morgan fingerprint density at radius 1 is 1.03 bits per heavy atom. The highest BCUT2D eigenvalue weighted by molar-refractivity contribution is 6.10. The molecule has 192 valence electrons. The van der Waals surface area contributed by atoms with Gasteiger partial charge in [0.25, 0.3) is 12.9 Å². The molecule has 8 nitrogen and oxygen atoms in total. The van der Waals surface area contributed by atoms with Crippen molar-refractivity contribution >= 4 is 34.1 Å². The van der Waals surface area contributed by atoms with Crippen molar-refractivity contribution in [1.29, 1.82) is 0 Å². The number of amides is 2. The smallest absolute Gasteiger partial charge is 0.335 e. The number of benzene rings is 2. The zero-order chi connectivity index (χ0) is 28.6. The standard InChI is InChI=1S/C25H21F4N5O3/c1-36-19-6-3-17(4-7-19)34-24-15(2-9-23(30-24)37-14-22(28)29)12-33(25(34)35)18-5-8-20-16(10-18)11-32(31-20)13-21(26)27/h2-11,21-22H,12-14H2,1H3/i1D3. The van der Waals surface area contributed by atoms with E-state index >= 15 is 0 Å². The lowest BCUT2D eigenvalue weighted by Crippen LogP contribution is -2.45. The van der Waals surface area contributed by atoms with Gasteiger partial charge in [0.2, 0.25) is 5.88 Å². The van der Waals surface area contributed by atoms with E-state index in [0.717, 1.165) is 4.68 Å². The van der Waals surface area contributed by atoms with Crippen molar-refractivity contribution < 1.29 is 35.9 Å². The number of anilines is 3. The molecule has 0 saturated heterocycles. The SMILES string of the molecule is [2H]C([2H])([2H])Oc1ccc(N2C(=O)N(c3ccc4nn(CC(F)F)cc4c3)Cc3ccc(OCC(F)F)nc32)cc1. The van der Waals surface area contributed by atoms with Crippen LogP contribution < -0.4 is 19.3 Å². The molecule has 0 bridgehead atoms. The van der Waals surface area contributed by atoms with Crippen molar-refractivity contribution in [1.82, 2.24) is 14.8 Å². The quantitative estimate of drug-likeness (QED) is 0.283. The van der Waals surface area contributed by atoms with Crippen LogP contribution in [0.3, 0.4) is 0 Å². The fourth-order valence-corrected chi connectivity index (χ4v) is 4.02. The Morgan fingerprint density at radius 3 is 2.54 bits per heavy atom. The van der Waals surface area contributed by atoms with Gasteiger partial charge in [0.15, 0.2) is 6.61 Å². The van der Waals surface area contributed by atoms with Crippen molar-refractivity contribution in [3.8, 4) is 11.6 Å². The summed E-state index contributed by atoms with van der Waals surface area (Å²) < 4.78 is 84.0. The highest BCUT2D eigenvalue weighted by atomic mass is 19.3. The molecule has 0 N–H and O–H groups in total. The van der Waals surface area contributed by atoms with Gasteiger partial charge in [0.1, 0.15) is 18.1 Å². The first kappa shape index (κ1) is 20.8. The number of carbonyl (C=O) groups excluding carboxylic acids is 1. The molecule has 0 spiro atoms. The number of aromatic nitrogens is 3. The van der Waals surface area contributed by atoms with Crippen LogP contribution in [0.4, 0.5) is 39.5 Å². The molecule has 4 aromatic rings. The van der Waals surface area contributed by atoms with Gasteiger partial charge in [-0.25, -0.2) is 27.3 Å². The number of ether oxygens (including phenoxy) is 2. The third-order valence-corrected chi connectivity index (χ3v) is 5.63. The lowest BCUT2D eigenvalue weighted by atomic mass is 10.1. The second-order valence-electron chi connectivity index (χ2n) is 8.12. The summed E-state index contributed by atoms with van der Waals surface area (Å²) in [5.74, 6) is 0.0717. The van der Waals surface area contributed by atoms with Crippen LogP contribution in [-0.4, -0.2) is 47.3 Å². The molecule has 2 aromatic heterocycles. The van der Waals surface area contributed by atoms with E-state index in [2.05, 4.69) is 10.1 Å². The number of hydrogen-bond acceptors (Lipinski definition) is 5. The van der Waals surface area contributed by atoms with Crippen LogP contribution in [0, 0.1) is 0 Å². The average molecular weight is 518 g/mol. The van der Waals surface area contributed by atoms with E-state index in [4.69, 9.17) is 13.6 Å². The molecule has 0 radical (unpaired) electrons. The van der Waals surface area contributed by atoms with Crippen LogP contribution in [0.1, 0.15) is 9.68 Å². The van der Waals surface area contributed by atoms with Gasteiger partial charge in [-0.3, -0.25) is 9.58 Å². The van der Waals surface area contributed by atoms with E-state index in [-0.39, 0.29) is 29.7 Å². The lowest BCUT2D eigenvalue weighted by molar-refractivity contribution is 0.0796. The number of halogens is 4. The highest BCUT2D eigenvalue weighted by Crippen LogP contribution is 2.38. The predicted molar refractivity (Wildman–Crippen MR) is 128 cm³/mol. The summed E-state index contributed by atoms with van der Waals surface area (Å²) in [5.41, 5.74) is 1.77. The van der Waals surface area contributed by atoms with Gasteiger partial charge in [-0.05, 0) is 48.5 Å². The summed E-state index contributed by atoms with van der Waals surface area (Å²) in [6.07, 6.45) is -3.85. The van der Waals surface area contributed by atoms with Gasteiger partial charge in [-0.2, -0.15) is 10.1 Å². The number of hydrogen-bond donors (Lipinski definition) is 0. The number of fused-ring (bicyclic) bond motifs is 2. The van der Waals surface area contributed by atoms with Gasteiger partial charge in [-0.15, -0.1) is 0 Å². The summed E-state index contributed by atoms with van der Waals surface area (Å²) in [5, 5.41) is 4.67. The number of carbonyl (C=O) groups is 1. The van der Waals surface area contributed by atoms with E-state index in [9.17, 15) is 22.4 Å². The predicted octanol–water partition coefficient (Wildman–Crippen LogP) is 5.63. The van der Waals surface area contributed by atoms with Crippen LogP contribution in [0.5, 0.6) is 11.6 Å². The zero-order valence-corrected chi connectivity index (χ0v) is 19.0. The second-order valence-corrected chi connectivity index (χ2v) is 8.12. The fraction of sp³-hybridized carbons (Fsp3) is 0.240. The summed E-state index contributed by atoms with van der Waals surface area (Å²) in [6.45, 7) is -1.40. The Hall–Kier alpha value is -4.35. The zero-order valence-electron chi connectivity index (χ0n) is 22.0. The summed E-state index contributed by atoms with van der Waals surface area (Å²) in [6, 6.07) is 13.0. The monoisotopic (exact) mass is 518 g/mol. The molecule has 1 aliphatic heterocycles. The number of methoxy groups -OCH3 is 1. The van der Waals surface area contributed by atoms with E-state index in [1.807, 2.05) is 0 Å². The van der Waals surface area contributed by atoms with E-state index in [1.165, 1.54) is 46.3 Å². The molecule has 3 heterocycles. The third kappa shape index (κ3) is 4.99. The Bertz CT molecular complexity index is 1530. The maximum absolute atomic E-state index is 13.9. The minimum Gasteiger partial charge on any atom is -0.497 e. The minimum absolute atomic E-state index is 0.0403. The molecule has 0 unspecified atom stereocenters. The molecule has 2 amide bonds. The number of rotatable bonds is 8. The van der Waals surface area contributed by atoms with Crippen LogP contribution in [0.2, 0.25) is 0 Å². The normalized spacial score (nSPS) is 15.1. The van der Waals surface area contributed by atoms with Crippen LogP contribution in [0.25, 0.3) is 10.9 Å². The second kappa shape index (κ2) is 9.96. The molecule has 1 aliphatic rings. The highest BCUT2D eigenvalue weighted by Gasteiger charge is 2.34. The summed E-state index contributed by atoms with van der Waals surface area (Å²) >= 11 is 0. The topological polar surface area (TPSA) is 72.7 Å². The molecule has 0 aliphatic carbocycles. The molecule has 0 fully saturated rings. The first-order chi connectivity index (χ1) is 19.0. The minimum atomic E-state index is -2.73. The average Bonchev–Trinajstić information content (AvgIpc) is 3.27. The van der Waals surface area contributed by atoms with Crippen molar-refractivity contribution in [2.75, 3.05) is 23.4 Å². The van der Waals surface area contributed by atoms with Gasteiger partial charge < -0.3 is 9.47 Å². The summed E-state index contributed by atoms with van der Waals surface area (Å²) in [7, 11) is -2.67. The van der Waals surface area contributed by atoms with Gasteiger partial charge in [0, 0.05) is 28.9 Å². The van der Waals surface area contributed by atoms with Crippen LogP contribution in [0.15, 0.2) is 60.8 Å². The van der Waals surface area contributed by atoms with Crippen molar-refractivity contribution in [3.63, 3.8) is 0 Å². The van der Waals surface area contributed by atoms with E-state index in [1.54, 1.807) is 24.3 Å². The molecular weight excluding hydrogens is 494 g/mol. The first-order valence-electron chi connectivity index (χ1n) is 12.5. The van der Waals surface area contributed by atoms with Crippen molar-refractivity contribution in [2.24, 2.45) is 0 Å². The van der Waals surface area contributed by atoms with Gasteiger partial charge >= 0.3 is 6.03 Å². The molecule has 2 aromatic carbocycles. The third-order valence-electron chi connectivity index (χ3n) is 5.63. The Kier molecular flexibility index (Phi) is 5.60. The van der Waals surface area contributed by atoms with Crippen molar-refractivity contribution in [2.45, 2.75) is 25.9 Å². The molecule has 0 saturated carbocycles. The lowest BCUT2D eigenvalue weighted by Gasteiger charge is -2.36. The molecule has 0 atom stereocenters. The first-order valence-corrected chi connectivity index (χ1v) is 11.0. The number of nitrogens with zero attached hydrogens (tertiary/aromatic N) is 5. The van der Waals surface area contributed by atoms with Crippen LogP contribution in [-0.2, 0) is 13.1 Å². The van der Waals surface area contributed by atoms with Gasteiger partial charge in [0.05, 0.1) is 28.9 Å². The molecule has 5 rings (SSSR count). The number of urea groups is 1. The Labute approximate surface area is 212 Å². The largest absolute Gasteiger partial charge is 0.497 e. The Balaban J connectivity index is 1.53. The summed E-state index contributed by atoms with van der Waals surface area (Å²) in [4.78, 5) is 20.8. The van der Waals surface area contributed by atoms with Gasteiger partial charge in [-0.1, -0.05) is 0 Å². The van der Waals surface area contributed by atoms with E-state index < -0.39 is 39.1 Å².